The van der Waals surface area contributed by atoms with Gasteiger partial charge in [0.1, 0.15) is 11.3 Å². The first kappa shape index (κ1) is 15.7. The molecule has 0 aliphatic carbocycles. The predicted octanol–water partition coefficient (Wildman–Crippen LogP) is 2.02. The number of anilines is 1. The van der Waals surface area contributed by atoms with Crippen LogP contribution in [-0.4, -0.2) is 24.8 Å². The number of nitrogen functional groups attached to an aromatic ring is 1. The van der Waals surface area contributed by atoms with Crippen LogP contribution >= 0.6 is 0 Å². The van der Waals surface area contributed by atoms with Crippen LogP contribution in [0.2, 0.25) is 0 Å². The normalized spacial score (nSPS) is 10.8. The van der Waals surface area contributed by atoms with Crippen molar-refractivity contribution in [2.75, 3.05) is 20.0 Å². The lowest BCUT2D eigenvalue weighted by molar-refractivity contribution is 0.0601. The van der Waals surface area contributed by atoms with Crippen molar-refractivity contribution in [1.29, 1.82) is 0 Å². The number of benzene rings is 1. The van der Waals surface area contributed by atoms with E-state index in [1.165, 1.54) is 7.11 Å². The highest BCUT2D eigenvalue weighted by Gasteiger charge is 2.22. The Bertz CT molecular complexity index is 954. The summed E-state index contributed by atoms with van der Waals surface area (Å²) in [7, 11) is 2.84. The number of carbonyl (C=O) groups is 1. The summed E-state index contributed by atoms with van der Waals surface area (Å²) in [6.07, 6.45) is 1.71. The van der Waals surface area contributed by atoms with Crippen molar-refractivity contribution in [2.45, 2.75) is 6.54 Å². The molecular formula is C17H16N2O5. The van der Waals surface area contributed by atoms with Crippen LogP contribution in [0.3, 0.4) is 0 Å². The molecular weight excluding hydrogens is 312 g/mol. The van der Waals surface area contributed by atoms with Crippen molar-refractivity contribution in [3.8, 4) is 5.75 Å². The molecule has 7 nitrogen and oxygen atoms in total. The number of carbonyl (C=O) groups excluding carboxylic acids is 1. The number of aromatic nitrogens is 1. The van der Waals surface area contributed by atoms with Crippen LogP contribution in [0.25, 0.3) is 10.9 Å². The van der Waals surface area contributed by atoms with Gasteiger partial charge in [0.2, 0.25) is 5.88 Å². The molecule has 0 saturated carbocycles. The second-order valence-corrected chi connectivity index (χ2v) is 5.17. The molecule has 0 atom stereocenters. The van der Waals surface area contributed by atoms with Gasteiger partial charge in [-0.3, -0.25) is 0 Å². The minimum atomic E-state index is -0.657. The predicted molar refractivity (Wildman–Crippen MR) is 88.3 cm³/mol. The van der Waals surface area contributed by atoms with E-state index in [2.05, 4.69) is 0 Å². The minimum absolute atomic E-state index is 0.0469. The molecule has 2 N–H and O–H groups in total. The topological polar surface area (TPSA) is 96.7 Å². The summed E-state index contributed by atoms with van der Waals surface area (Å²) in [5.74, 6) is -0.166. The summed E-state index contributed by atoms with van der Waals surface area (Å²) < 4.78 is 16.6. The third-order valence-corrected chi connectivity index (χ3v) is 3.77. The van der Waals surface area contributed by atoms with Crippen LogP contribution in [0.1, 0.15) is 15.9 Å². The molecule has 2 heterocycles. The highest BCUT2D eigenvalue weighted by Crippen LogP contribution is 2.24. The van der Waals surface area contributed by atoms with E-state index in [0.29, 0.717) is 12.1 Å². The van der Waals surface area contributed by atoms with Crippen molar-refractivity contribution in [3.05, 3.63) is 58.1 Å². The number of esters is 1. The first-order chi connectivity index (χ1) is 11.5. The van der Waals surface area contributed by atoms with E-state index in [0.717, 1.165) is 11.3 Å². The Balaban J connectivity index is 2.14. The van der Waals surface area contributed by atoms with E-state index in [1.807, 2.05) is 24.3 Å². The zero-order valence-electron chi connectivity index (χ0n) is 13.2. The molecule has 0 aliphatic rings. The molecule has 1 aromatic carbocycles. The maximum atomic E-state index is 12.1. The van der Waals surface area contributed by atoms with Gasteiger partial charge >= 0.3 is 11.6 Å². The van der Waals surface area contributed by atoms with E-state index >= 15 is 0 Å². The zero-order valence-corrected chi connectivity index (χ0v) is 13.2. The van der Waals surface area contributed by atoms with Crippen molar-refractivity contribution in [2.24, 2.45) is 0 Å². The quantitative estimate of drug-likeness (QED) is 0.736. The van der Waals surface area contributed by atoms with E-state index < -0.39 is 11.6 Å². The largest absolute Gasteiger partial charge is 0.497 e. The van der Waals surface area contributed by atoms with Gasteiger partial charge in [-0.15, -0.1) is 0 Å². The Morgan fingerprint density at radius 1 is 1.21 bits per heavy atom. The summed E-state index contributed by atoms with van der Waals surface area (Å²) in [6, 6.07) is 9.07. The number of hydrogen-bond donors (Lipinski definition) is 1. The van der Waals surface area contributed by atoms with E-state index in [4.69, 9.17) is 19.6 Å². The molecule has 3 rings (SSSR count). The molecule has 3 aromatic rings. The van der Waals surface area contributed by atoms with Crippen molar-refractivity contribution in [1.82, 2.24) is 4.57 Å². The lowest BCUT2D eigenvalue weighted by Gasteiger charge is -2.10. The molecule has 0 radical (unpaired) electrons. The van der Waals surface area contributed by atoms with Crippen molar-refractivity contribution >= 4 is 22.8 Å². The third kappa shape index (κ3) is 2.60. The van der Waals surface area contributed by atoms with Gasteiger partial charge in [-0.25, -0.2) is 9.59 Å². The fourth-order valence-electron chi connectivity index (χ4n) is 2.60. The Hall–Kier alpha value is -3.22. The van der Waals surface area contributed by atoms with Gasteiger partial charge in [0, 0.05) is 12.7 Å². The zero-order chi connectivity index (χ0) is 17.3. The number of nitrogens with zero attached hydrogens (tertiary/aromatic N) is 1. The summed E-state index contributed by atoms with van der Waals surface area (Å²) in [5.41, 5.74) is 6.54. The minimum Gasteiger partial charge on any atom is -0.497 e. The van der Waals surface area contributed by atoms with Crippen LogP contribution in [0.15, 0.2) is 45.7 Å². The SMILES string of the molecule is COC(=O)c1c(N)oc(=O)c2ccn(Cc3ccc(OC)cc3)c12. The average molecular weight is 328 g/mol. The van der Waals surface area contributed by atoms with Gasteiger partial charge in [-0.1, -0.05) is 12.1 Å². The van der Waals surface area contributed by atoms with Gasteiger partial charge in [0.05, 0.1) is 25.1 Å². The molecule has 124 valence electrons. The lowest BCUT2D eigenvalue weighted by atomic mass is 10.2. The molecule has 0 spiro atoms. The fraction of sp³-hybridized carbons (Fsp3) is 0.176. The van der Waals surface area contributed by atoms with Crippen molar-refractivity contribution < 1.29 is 18.7 Å². The number of nitrogens with two attached hydrogens (primary N) is 1. The van der Waals surface area contributed by atoms with Crippen LogP contribution in [0.4, 0.5) is 5.88 Å². The monoisotopic (exact) mass is 328 g/mol. The van der Waals surface area contributed by atoms with E-state index in [1.54, 1.807) is 23.9 Å². The molecule has 0 amide bonds. The first-order valence-corrected chi connectivity index (χ1v) is 7.17. The smallest absolute Gasteiger partial charge is 0.347 e. The molecule has 0 aliphatic heterocycles. The summed E-state index contributed by atoms with van der Waals surface area (Å²) >= 11 is 0. The van der Waals surface area contributed by atoms with Gasteiger partial charge < -0.3 is 24.2 Å². The van der Waals surface area contributed by atoms with Gasteiger partial charge in [-0.05, 0) is 23.8 Å². The standard InChI is InChI=1S/C17H16N2O5/c1-22-11-5-3-10(4-6-11)9-19-8-7-12-14(19)13(17(21)23-2)15(18)24-16(12)20/h3-8H,9,18H2,1-2H3. The Morgan fingerprint density at radius 2 is 1.92 bits per heavy atom. The maximum absolute atomic E-state index is 12.1. The second-order valence-electron chi connectivity index (χ2n) is 5.17. The average Bonchev–Trinajstić information content (AvgIpc) is 2.99. The molecule has 0 bridgehead atoms. The number of fused-ring (bicyclic) bond motifs is 1. The highest BCUT2D eigenvalue weighted by atomic mass is 16.5. The Morgan fingerprint density at radius 3 is 2.54 bits per heavy atom. The highest BCUT2D eigenvalue weighted by molar-refractivity contribution is 6.06. The van der Waals surface area contributed by atoms with Crippen LogP contribution < -0.4 is 16.1 Å². The maximum Gasteiger partial charge on any atom is 0.347 e. The third-order valence-electron chi connectivity index (χ3n) is 3.77. The Kier molecular flexibility index (Phi) is 3.99. The summed E-state index contributed by atoms with van der Waals surface area (Å²) in [4.78, 5) is 24.0. The lowest BCUT2D eigenvalue weighted by Crippen LogP contribution is -2.13. The molecule has 0 saturated heterocycles. The molecule has 0 unspecified atom stereocenters. The van der Waals surface area contributed by atoms with Gasteiger partial charge in [0.15, 0.2) is 0 Å². The van der Waals surface area contributed by atoms with Gasteiger partial charge in [-0.2, -0.15) is 0 Å². The molecule has 0 fully saturated rings. The molecule has 7 heteroatoms. The van der Waals surface area contributed by atoms with E-state index in [9.17, 15) is 9.59 Å². The molecule has 24 heavy (non-hydrogen) atoms. The van der Waals surface area contributed by atoms with Crippen LogP contribution in [-0.2, 0) is 11.3 Å². The summed E-state index contributed by atoms with van der Waals surface area (Å²) in [6.45, 7) is 0.445. The Labute approximate surface area is 137 Å². The van der Waals surface area contributed by atoms with Gasteiger partial charge in [0.25, 0.3) is 0 Å². The van der Waals surface area contributed by atoms with E-state index in [-0.39, 0.29) is 16.8 Å². The fourth-order valence-corrected chi connectivity index (χ4v) is 2.60. The second kappa shape index (κ2) is 6.11. The van der Waals surface area contributed by atoms with Crippen LogP contribution in [0.5, 0.6) is 5.75 Å². The first-order valence-electron chi connectivity index (χ1n) is 7.17. The van der Waals surface area contributed by atoms with Crippen molar-refractivity contribution in [3.63, 3.8) is 0 Å². The number of ether oxygens (including phenoxy) is 2. The number of rotatable bonds is 4. The van der Waals surface area contributed by atoms with Crippen LogP contribution in [0, 0.1) is 0 Å². The summed E-state index contributed by atoms with van der Waals surface area (Å²) in [5, 5.41) is 0.276. The molecule has 2 aromatic heterocycles. The number of methoxy groups -OCH3 is 2. The number of hydrogen-bond acceptors (Lipinski definition) is 6.